The molecular formula is C16H21FN2O. The molecule has 1 saturated carbocycles. The molecule has 1 amide bonds. The highest BCUT2D eigenvalue weighted by Crippen LogP contribution is 2.30. The largest absolute Gasteiger partial charge is 0.335 e. The first kappa shape index (κ1) is 13.6. The average Bonchev–Trinajstić information content (AvgIpc) is 3.30. The highest BCUT2D eigenvalue weighted by Gasteiger charge is 2.36. The van der Waals surface area contributed by atoms with Crippen LogP contribution in [0.2, 0.25) is 0 Å². The van der Waals surface area contributed by atoms with Crippen LogP contribution in [0.4, 0.5) is 4.39 Å². The van der Waals surface area contributed by atoms with Gasteiger partial charge in [-0.05, 0) is 49.9 Å². The number of carbonyl (C=O) groups excluding carboxylic acids is 1. The standard InChI is InChI=1S/C16H21FN2O/c17-14-5-1-3-12(9-14)11-19(15-6-7-15)16(20)13-4-2-8-18-10-13/h1,3,5,9,13,15,18H,2,4,6-8,10-11H2/t13-/m1/s1. The third-order valence-corrected chi connectivity index (χ3v) is 4.16. The molecule has 1 aliphatic heterocycles. The van der Waals surface area contributed by atoms with Crippen LogP contribution in [-0.4, -0.2) is 29.9 Å². The summed E-state index contributed by atoms with van der Waals surface area (Å²) < 4.78 is 13.3. The molecule has 1 atom stereocenters. The lowest BCUT2D eigenvalue weighted by Crippen LogP contribution is -2.43. The Morgan fingerprint density at radius 3 is 2.85 bits per heavy atom. The molecule has 0 radical (unpaired) electrons. The van der Waals surface area contributed by atoms with E-state index >= 15 is 0 Å². The Morgan fingerprint density at radius 2 is 2.20 bits per heavy atom. The Balaban J connectivity index is 1.70. The lowest BCUT2D eigenvalue weighted by atomic mass is 9.97. The van der Waals surface area contributed by atoms with E-state index in [2.05, 4.69) is 5.32 Å². The molecule has 4 heteroatoms. The fourth-order valence-electron chi connectivity index (χ4n) is 2.90. The van der Waals surface area contributed by atoms with Crippen molar-refractivity contribution in [2.75, 3.05) is 13.1 Å². The van der Waals surface area contributed by atoms with Crippen molar-refractivity contribution >= 4 is 5.91 Å². The summed E-state index contributed by atoms with van der Waals surface area (Å²) in [5.41, 5.74) is 0.883. The maximum Gasteiger partial charge on any atom is 0.227 e. The maximum atomic E-state index is 13.3. The molecule has 1 aliphatic carbocycles. The zero-order valence-corrected chi connectivity index (χ0v) is 11.6. The Bertz CT molecular complexity index is 481. The van der Waals surface area contributed by atoms with E-state index in [4.69, 9.17) is 0 Å². The molecule has 0 spiro atoms. The van der Waals surface area contributed by atoms with Crippen LogP contribution in [0.25, 0.3) is 0 Å². The summed E-state index contributed by atoms with van der Waals surface area (Å²) >= 11 is 0. The van der Waals surface area contributed by atoms with Gasteiger partial charge in [0.25, 0.3) is 0 Å². The summed E-state index contributed by atoms with van der Waals surface area (Å²) in [6, 6.07) is 6.94. The summed E-state index contributed by atoms with van der Waals surface area (Å²) in [6.07, 6.45) is 4.20. The molecule has 0 unspecified atom stereocenters. The minimum Gasteiger partial charge on any atom is -0.335 e. The van der Waals surface area contributed by atoms with Gasteiger partial charge in [-0.2, -0.15) is 0 Å². The molecule has 20 heavy (non-hydrogen) atoms. The van der Waals surface area contributed by atoms with Crippen LogP contribution in [0.5, 0.6) is 0 Å². The minimum absolute atomic E-state index is 0.0953. The number of amides is 1. The monoisotopic (exact) mass is 276 g/mol. The maximum absolute atomic E-state index is 13.3. The second-order valence-electron chi connectivity index (χ2n) is 5.87. The van der Waals surface area contributed by atoms with E-state index in [0.29, 0.717) is 12.6 Å². The van der Waals surface area contributed by atoms with Crippen molar-refractivity contribution in [3.8, 4) is 0 Å². The van der Waals surface area contributed by atoms with Gasteiger partial charge < -0.3 is 10.2 Å². The zero-order chi connectivity index (χ0) is 13.9. The van der Waals surface area contributed by atoms with Crippen LogP contribution in [0, 0.1) is 11.7 Å². The normalized spacial score (nSPS) is 22.6. The molecule has 3 rings (SSSR count). The molecule has 0 aromatic heterocycles. The molecular weight excluding hydrogens is 255 g/mol. The van der Waals surface area contributed by atoms with Crippen LogP contribution in [0.1, 0.15) is 31.2 Å². The fraction of sp³-hybridized carbons (Fsp3) is 0.562. The van der Waals surface area contributed by atoms with Gasteiger partial charge >= 0.3 is 0 Å². The van der Waals surface area contributed by atoms with Crippen LogP contribution in [0.15, 0.2) is 24.3 Å². The van der Waals surface area contributed by atoms with Crippen molar-refractivity contribution in [1.29, 1.82) is 0 Å². The third kappa shape index (κ3) is 3.18. The van der Waals surface area contributed by atoms with E-state index in [1.54, 1.807) is 6.07 Å². The van der Waals surface area contributed by atoms with Crippen LogP contribution >= 0.6 is 0 Å². The average molecular weight is 276 g/mol. The minimum atomic E-state index is -0.231. The molecule has 2 aliphatic rings. The number of rotatable bonds is 4. The van der Waals surface area contributed by atoms with Crippen molar-refractivity contribution < 1.29 is 9.18 Å². The first-order valence-electron chi connectivity index (χ1n) is 7.49. The lowest BCUT2D eigenvalue weighted by molar-refractivity contribution is -0.137. The summed E-state index contributed by atoms with van der Waals surface area (Å²) in [5, 5.41) is 3.30. The van der Waals surface area contributed by atoms with Crippen molar-refractivity contribution in [3.63, 3.8) is 0 Å². The van der Waals surface area contributed by atoms with Gasteiger partial charge in [0.05, 0.1) is 5.92 Å². The molecule has 3 nitrogen and oxygen atoms in total. The quantitative estimate of drug-likeness (QED) is 0.915. The highest BCUT2D eigenvalue weighted by atomic mass is 19.1. The molecule has 108 valence electrons. The second kappa shape index (κ2) is 5.92. The molecule has 1 N–H and O–H groups in total. The van der Waals surface area contributed by atoms with Gasteiger partial charge in [0.15, 0.2) is 0 Å². The van der Waals surface area contributed by atoms with Crippen molar-refractivity contribution in [1.82, 2.24) is 10.2 Å². The van der Waals surface area contributed by atoms with Crippen LogP contribution < -0.4 is 5.32 Å². The number of nitrogens with zero attached hydrogens (tertiary/aromatic N) is 1. The Labute approximate surface area is 119 Å². The molecule has 1 aromatic rings. The number of hydrogen-bond acceptors (Lipinski definition) is 2. The number of carbonyl (C=O) groups is 1. The fourth-order valence-corrected chi connectivity index (χ4v) is 2.90. The molecule has 0 bridgehead atoms. The number of piperidine rings is 1. The number of halogens is 1. The van der Waals surface area contributed by atoms with Crippen molar-refractivity contribution in [2.24, 2.45) is 5.92 Å². The Hall–Kier alpha value is -1.42. The smallest absolute Gasteiger partial charge is 0.227 e. The molecule has 2 fully saturated rings. The zero-order valence-electron chi connectivity index (χ0n) is 11.6. The van der Waals surface area contributed by atoms with Gasteiger partial charge in [0.1, 0.15) is 5.82 Å². The predicted octanol–water partition coefficient (Wildman–Crippen LogP) is 2.32. The first-order valence-corrected chi connectivity index (χ1v) is 7.49. The van der Waals surface area contributed by atoms with Crippen LogP contribution in [0.3, 0.4) is 0 Å². The number of hydrogen-bond donors (Lipinski definition) is 1. The predicted molar refractivity (Wildman–Crippen MR) is 75.6 cm³/mol. The van der Waals surface area contributed by atoms with Gasteiger partial charge in [-0.25, -0.2) is 4.39 Å². The Kier molecular flexibility index (Phi) is 4.01. The van der Waals surface area contributed by atoms with E-state index < -0.39 is 0 Å². The molecule has 1 saturated heterocycles. The summed E-state index contributed by atoms with van der Waals surface area (Å²) in [7, 11) is 0. The number of nitrogens with one attached hydrogen (secondary N) is 1. The van der Waals surface area contributed by atoms with E-state index in [1.165, 1.54) is 12.1 Å². The summed E-state index contributed by atoms with van der Waals surface area (Å²) in [6.45, 7) is 2.33. The second-order valence-corrected chi connectivity index (χ2v) is 5.87. The van der Waals surface area contributed by atoms with E-state index in [9.17, 15) is 9.18 Å². The number of benzene rings is 1. The summed E-state index contributed by atoms with van der Waals surface area (Å²) in [4.78, 5) is 14.6. The highest BCUT2D eigenvalue weighted by molar-refractivity contribution is 5.79. The van der Waals surface area contributed by atoms with Gasteiger partial charge in [-0.3, -0.25) is 4.79 Å². The summed E-state index contributed by atoms with van der Waals surface area (Å²) in [5.74, 6) is 0.104. The van der Waals surface area contributed by atoms with Crippen LogP contribution in [-0.2, 0) is 11.3 Å². The van der Waals surface area contributed by atoms with E-state index in [-0.39, 0.29) is 17.6 Å². The third-order valence-electron chi connectivity index (χ3n) is 4.16. The van der Waals surface area contributed by atoms with Gasteiger partial charge in [-0.15, -0.1) is 0 Å². The SMILES string of the molecule is O=C([C@@H]1CCCNC1)N(Cc1cccc(F)c1)C1CC1. The van der Waals surface area contributed by atoms with Gasteiger partial charge in [0, 0.05) is 19.1 Å². The van der Waals surface area contributed by atoms with Gasteiger partial charge in [0.2, 0.25) is 5.91 Å². The Morgan fingerprint density at radius 1 is 1.35 bits per heavy atom. The topological polar surface area (TPSA) is 32.3 Å². The first-order chi connectivity index (χ1) is 9.74. The molecule has 1 heterocycles. The lowest BCUT2D eigenvalue weighted by Gasteiger charge is -2.30. The van der Waals surface area contributed by atoms with Crippen molar-refractivity contribution in [2.45, 2.75) is 38.3 Å². The van der Waals surface area contributed by atoms with E-state index in [0.717, 1.165) is 44.3 Å². The van der Waals surface area contributed by atoms with Gasteiger partial charge in [-0.1, -0.05) is 12.1 Å². The molecule has 1 aromatic carbocycles. The van der Waals surface area contributed by atoms with E-state index in [1.807, 2.05) is 11.0 Å². The van der Waals surface area contributed by atoms with Crippen molar-refractivity contribution in [3.05, 3.63) is 35.6 Å².